The molecule has 2 aromatic carbocycles. The van der Waals surface area contributed by atoms with Crippen LogP contribution in [0.1, 0.15) is 53.4 Å². The van der Waals surface area contributed by atoms with Crippen LogP contribution in [0, 0.1) is 13.8 Å². The normalized spacial score (nSPS) is 10.7. The molecule has 0 radical (unpaired) electrons. The highest BCUT2D eigenvalue weighted by atomic mass is 16.1. The number of unbranched alkanes of at least 4 members (excludes halogenated alkanes) is 2. The van der Waals surface area contributed by atoms with Crippen molar-refractivity contribution in [1.29, 1.82) is 0 Å². The highest BCUT2D eigenvalue weighted by Crippen LogP contribution is 2.32. The van der Waals surface area contributed by atoms with Crippen molar-refractivity contribution in [1.82, 2.24) is 4.98 Å². The number of benzene rings is 2. The first-order valence-electron chi connectivity index (χ1n) is 10.2. The molecule has 4 heteroatoms. The summed E-state index contributed by atoms with van der Waals surface area (Å²) in [7, 11) is 0. The van der Waals surface area contributed by atoms with E-state index < -0.39 is 0 Å². The summed E-state index contributed by atoms with van der Waals surface area (Å²) in [5.74, 6) is -0.199. The molecule has 0 spiro atoms. The van der Waals surface area contributed by atoms with Crippen LogP contribution in [0.15, 0.2) is 54.7 Å². The first-order valence-corrected chi connectivity index (χ1v) is 10.2. The Labute approximate surface area is 173 Å². The third-order valence-electron chi connectivity index (χ3n) is 5.37. The molecule has 0 fully saturated rings. The molecule has 1 heterocycles. The molecule has 1 amide bonds. The molecule has 150 valence electrons. The third-order valence-corrected chi connectivity index (χ3v) is 5.37. The number of carbonyl (C=O) groups is 1. The van der Waals surface area contributed by atoms with E-state index in [0.717, 1.165) is 46.5 Å². The van der Waals surface area contributed by atoms with Gasteiger partial charge in [-0.3, -0.25) is 9.78 Å². The van der Waals surface area contributed by atoms with E-state index in [9.17, 15) is 4.79 Å². The van der Waals surface area contributed by atoms with Crippen LogP contribution in [-0.4, -0.2) is 10.9 Å². The number of aromatic nitrogens is 1. The molecule has 0 saturated heterocycles. The number of rotatable bonds is 7. The van der Waals surface area contributed by atoms with E-state index in [4.69, 9.17) is 5.73 Å². The molecule has 29 heavy (non-hydrogen) atoms. The number of hydrogen-bond acceptors (Lipinski definition) is 3. The Morgan fingerprint density at radius 1 is 0.966 bits per heavy atom. The predicted octanol–water partition coefficient (Wildman–Crippen LogP) is 5.93. The minimum Gasteiger partial charge on any atom is -0.398 e. The highest BCUT2D eigenvalue weighted by molar-refractivity contribution is 6.03. The van der Waals surface area contributed by atoms with E-state index in [1.807, 2.05) is 50.4 Å². The summed E-state index contributed by atoms with van der Waals surface area (Å²) in [6.45, 7) is 6.22. The zero-order chi connectivity index (χ0) is 20.8. The van der Waals surface area contributed by atoms with Gasteiger partial charge in [-0.05, 0) is 72.7 Å². The van der Waals surface area contributed by atoms with Gasteiger partial charge in [0, 0.05) is 17.6 Å². The molecule has 0 saturated carbocycles. The van der Waals surface area contributed by atoms with Crippen molar-refractivity contribution in [3.05, 3.63) is 77.1 Å². The number of anilines is 2. The van der Waals surface area contributed by atoms with Gasteiger partial charge < -0.3 is 11.1 Å². The van der Waals surface area contributed by atoms with Gasteiger partial charge in [-0.25, -0.2) is 0 Å². The number of nitrogens with two attached hydrogens (primary N) is 1. The van der Waals surface area contributed by atoms with E-state index in [-0.39, 0.29) is 5.91 Å². The van der Waals surface area contributed by atoms with E-state index >= 15 is 0 Å². The van der Waals surface area contributed by atoms with Crippen LogP contribution in [-0.2, 0) is 6.42 Å². The molecular formula is C25H29N3O. The Hall–Kier alpha value is -3.14. The first kappa shape index (κ1) is 20.6. The van der Waals surface area contributed by atoms with E-state index in [2.05, 4.69) is 29.4 Å². The topological polar surface area (TPSA) is 68.0 Å². The van der Waals surface area contributed by atoms with Gasteiger partial charge >= 0.3 is 0 Å². The molecule has 0 aliphatic heterocycles. The number of amides is 1. The second kappa shape index (κ2) is 9.37. The lowest BCUT2D eigenvalue weighted by molar-refractivity contribution is 0.102. The molecule has 0 unspecified atom stereocenters. The molecule has 0 atom stereocenters. The SMILES string of the molecule is CCCCCc1ccc(C(=O)Nc2cccc(-c3cccc(N)c3C)c2C)nc1. The summed E-state index contributed by atoms with van der Waals surface area (Å²) in [5.41, 5.74) is 13.4. The van der Waals surface area contributed by atoms with Gasteiger partial charge in [0.2, 0.25) is 0 Å². The standard InChI is InChI=1S/C25H29N3O/c1-4-5-6-9-19-14-15-24(27-16-19)25(29)28-23-13-8-11-21(18(23)3)20-10-7-12-22(26)17(20)2/h7-8,10-16H,4-6,9,26H2,1-3H3,(H,28,29). The van der Waals surface area contributed by atoms with Gasteiger partial charge in [-0.2, -0.15) is 0 Å². The molecule has 4 nitrogen and oxygen atoms in total. The molecule has 3 rings (SSSR count). The number of carbonyl (C=O) groups excluding carboxylic acids is 1. The average molecular weight is 388 g/mol. The second-order valence-electron chi connectivity index (χ2n) is 7.46. The molecular weight excluding hydrogens is 358 g/mol. The lowest BCUT2D eigenvalue weighted by Gasteiger charge is -2.15. The zero-order valence-electron chi connectivity index (χ0n) is 17.5. The number of nitrogens with one attached hydrogen (secondary N) is 1. The summed E-state index contributed by atoms with van der Waals surface area (Å²) in [6, 6.07) is 15.6. The van der Waals surface area contributed by atoms with E-state index in [1.165, 1.54) is 18.4 Å². The molecule has 3 N–H and O–H groups in total. The molecule has 0 aliphatic carbocycles. The molecule has 0 aliphatic rings. The summed E-state index contributed by atoms with van der Waals surface area (Å²) in [4.78, 5) is 17.1. The summed E-state index contributed by atoms with van der Waals surface area (Å²) < 4.78 is 0. The van der Waals surface area contributed by atoms with Crippen LogP contribution < -0.4 is 11.1 Å². The smallest absolute Gasteiger partial charge is 0.274 e. The number of pyridine rings is 1. The van der Waals surface area contributed by atoms with Gasteiger partial charge in [-0.15, -0.1) is 0 Å². The minimum atomic E-state index is -0.199. The van der Waals surface area contributed by atoms with Crippen LogP contribution in [0.3, 0.4) is 0 Å². The van der Waals surface area contributed by atoms with Crippen molar-refractivity contribution >= 4 is 17.3 Å². The molecule has 0 bridgehead atoms. The van der Waals surface area contributed by atoms with Crippen LogP contribution in [0.5, 0.6) is 0 Å². The van der Waals surface area contributed by atoms with E-state index in [1.54, 1.807) is 6.07 Å². The third kappa shape index (κ3) is 4.83. The average Bonchev–Trinajstić information content (AvgIpc) is 2.72. The quantitative estimate of drug-likeness (QED) is 0.390. The van der Waals surface area contributed by atoms with Crippen molar-refractivity contribution in [2.75, 3.05) is 11.1 Å². The summed E-state index contributed by atoms with van der Waals surface area (Å²) in [5, 5.41) is 3.01. The second-order valence-corrected chi connectivity index (χ2v) is 7.46. The Morgan fingerprint density at radius 3 is 2.38 bits per heavy atom. The largest absolute Gasteiger partial charge is 0.398 e. The summed E-state index contributed by atoms with van der Waals surface area (Å²) >= 11 is 0. The van der Waals surface area contributed by atoms with Crippen molar-refractivity contribution in [2.45, 2.75) is 46.5 Å². The van der Waals surface area contributed by atoms with Crippen molar-refractivity contribution < 1.29 is 4.79 Å². The first-order chi connectivity index (χ1) is 14.0. The van der Waals surface area contributed by atoms with Crippen LogP contribution in [0.25, 0.3) is 11.1 Å². The van der Waals surface area contributed by atoms with Gasteiger partial charge in [0.05, 0.1) is 0 Å². The minimum absolute atomic E-state index is 0.199. The van der Waals surface area contributed by atoms with Crippen molar-refractivity contribution in [3.8, 4) is 11.1 Å². The number of hydrogen-bond donors (Lipinski definition) is 2. The van der Waals surface area contributed by atoms with Gasteiger partial charge in [0.25, 0.3) is 5.91 Å². The zero-order valence-corrected chi connectivity index (χ0v) is 17.5. The lowest BCUT2D eigenvalue weighted by atomic mass is 9.95. The fraction of sp³-hybridized carbons (Fsp3) is 0.280. The Kier molecular flexibility index (Phi) is 6.65. The Bertz CT molecular complexity index is 993. The fourth-order valence-electron chi connectivity index (χ4n) is 3.48. The summed E-state index contributed by atoms with van der Waals surface area (Å²) in [6.07, 6.45) is 6.37. The van der Waals surface area contributed by atoms with Crippen molar-refractivity contribution in [3.63, 3.8) is 0 Å². The Morgan fingerprint density at radius 2 is 1.69 bits per heavy atom. The Balaban J connectivity index is 1.78. The van der Waals surface area contributed by atoms with Crippen LogP contribution in [0.4, 0.5) is 11.4 Å². The predicted molar refractivity (Wildman–Crippen MR) is 121 cm³/mol. The molecule has 3 aromatic rings. The maximum atomic E-state index is 12.7. The molecule has 1 aromatic heterocycles. The van der Waals surface area contributed by atoms with Gasteiger partial charge in [0.15, 0.2) is 0 Å². The van der Waals surface area contributed by atoms with Crippen molar-refractivity contribution in [2.24, 2.45) is 0 Å². The van der Waals surface area contributed by atoms with Gasteiger partial charge in [-0.1, -0.05) is 50.1 Å². The number of nitrogens with zero attached hydrogens (tertiary/aromatic N) is 1. The van der Waals surface area contributed by atoms with Gasteiger partial charge in [0.1, 0.15) is 5.69 Å². The van der Waals surface area contributed by atoms with Crippen LogP contribution >= 0.6 is 0 Å². The van der Waals surface area contributed by atoms with Crippen LogP contribution in [0.2, 0.25) is 0 Å². The number of nitrogen functional groups attached to an aromatic ring is 1. The fourth-order valence-corrected chi connectivity index (χ4v) is 3.48. The maximum Gasteiger partial charge on any atom is 0.274 e. The monoisotopic (exact) mass is 387 g/mol. The number of aryl methyl sites for hydroxylation is 1. The lowest BCUT2D eigenvalue weighted by Crippen LogP contribution is -2.14. The maximum absolute atomic E-state index is 12.7. The highest BCUT2D eigenvalue weighted by Gasteiger charge is 2.13. The van der Waals surface area contributed by atoms with E-state index in [0.29, 0.717) is 5.69 Å².